The van der Waals surface area contributed by atoms with Gasteiger partial charge in [-0.1, -0.05) is 12.1 Å². The number of halogens is 1. The molecule has 96 valence electrons. The number of ketones is 1. The molecule has 2 heterocycles. The van der Waals surface area contributed by atoms with Crippen molar-refractivity contribution >= 4 is 36.0 Å². The van der Waals surface area contributed by atoms with Gasteiger partial charge in [-0.15, -0.1) is 17.5 Å². The first-order valence-electron chi connectivity index (χ1n) is 5.77. The molecule has 0 saturated heterocycles. The third-order valence-electron chi connectivity index (χ3n) is 3.18. The molecule has 0 radical (unpaired) electrons. The normalized spacial score (nSPS) is 18.5. The Kier molecular flexibility index (Phi) is 2.66. The number of rotatable bonds is 0. The van der Waals surface area contributed by atoms with Gasteiger partial charge in [0.15, 0.2) is 5.78 Å². The van der Waals surface area contributed by atoms with Gasteiger partial charge in [0, 0.05) is 11.4 Å². The molecule has 0 spiro atoms. The fourth-order valence-electron chi connectivity index (χ4n) is 2.31. The molecule has 1 N–H and O–H groups in total. The maximum atomic E-state index is 11.5. The third-order valence-corrected chi connectivity index (χ3v) is 3.18. The van der Waals surface area contributed by atoms with E-state index in [1.807, 2.05) is 35.6 Å². The summed E-state index contributed by atoms with van der Waals surface area (Å²) in [5, 5.41) is 9.89. The Morgan fingerprint density at radius 2 is 2.16 bits per heavy atom. The van der Waals surface area contributed by atoms with Crippen LogP contribution in [0.15, 0.2) is 35.6 Å². The lowest BCUT2D eigenvalue weighted by molar-refractivity contribution is -0.109. The largest absolute Gasteiger partial charge is 0.297 e. The van der Waals surface area contributed by atoms with Crippen LogP contribution in [0.1, 0.15) is 5.56 Å². The van der Waals surface area contributed by atoms with Crippen LogP contribution in [0, 0.1) is 0 Å². The quantitative estimate of drug-likeness (QED) is 0.744. The van der Waals surface area contributed by atoms with E-state index in [0.717, 1.165) is 28.4 Å². The third kappa shape index (κ3) is 1.75. The Morgan fingerprint density at radius 1 is 1.26 bits per heavy atom. The average Bonchev–Trinajstić information content (AvgIpc) is 2.83. The number of carbonyl (C=O) groups excluding carboxylic acids is 1. The van der Waals surface area contributed by atoms with Gasteiger partial charge in [-0.2, -0.15) is 10.2 Å². The summed E-state index contributed by atoms with van der Waals surface area (Å²) in [6.07, 6.45) is 8.96. The van der Waals surface area contributed by atoms with E-state index >= 15 is 0 Å². The molecule has 0 bridgehead atoms. The minimum Gasteiger partial charge on any atom is -0.297 e. The van der Waals surface area contributed by atoms with Crippen molar-refractivity contribution in [2.45, 2.75) is 0 Å². The lowest BCUT2D eigenvalue weighted by atomic mass is 10.0. The van der Waals surface area contributed by atoms with Crippen LogP contribution in [0.25, 0.3) is 12.2 Å². The monoisotopic (exact) mass is 274 g/mol. The van der Waals surface area contributed by atoms with E-state index in [-0.39, 0.29) is 18.2 Å². The van der Waals surface area contributed by atoms with Gasteiger partial charge < -0.3 is 0 Å². The van der Waals surface area contributed by atoms with Crippen LogP contribution in [-0.4, -0.2) is 22.6 Å². The van der Waals surface area contributed by atoms with Crippen LogP contribution in [0.3, 0.4) is 0 Å². The maximum Gasteiger partial charge on any atom is 0.179 e. The van der Waals surface area contributed by atoms with Gasteiger partial charge in [-0.3, -0.25) is 10.2 Å². The highest BCUT2D eigenvalue weighted by Gasteiger charge is 2.21. The summed E-state index contributed by atoms with van der Waals surface area (Å²) in [7, 11) is 0. The van der Waals surface area contributed by atoms with Gasteiger partial charge in [0.05, 0.1) is 12.2 Å². The summed E-state index contributed by atoms with van der Waals surface area (Å²) in [5.74, 6) is 0.00509. The molecule has 2 aliphatic heterocycles. The number of nitrogens with one attached hydrogen (secondary N) is 1. The fourth-order valence-corrected chi connectivity index (χ4v) is 2.31. The second-order valence-corrected chi connectivity index (χ2v) is 4.34. The van der Waals surface area contributed by atoms with Crippen LogP contribution < -0.4 is 16.0 Å². The van der Waals surface area contributed by atoms with Crippen molar-refractivity contribution < 1.29 is 4.79 Å². The van der Waals surface area contributed by atoms with Crippen molar-refractivity contribution in [3.8, 4) is 0 Å². The van der Waals surface area contributed by atoms with Crippen LogP contribution in [-0.2, 0) is 4.79 Å². The molecule has 0 saturated carbocycles. The molecule has 0 amide bonds. The average molecular weight is 275 g/mol. The number of allylic oxidation sites excluding steroid dienone is 1. The van der Waals surface area contributed by atoms with Crippen LogP contribution in [0.4, 0.5) is 5.69 Å². The highest BCUT2D eigenvalue weighted by Crippen LogP contribution is 2.14. The Hall–Kier alpha value is -2.11. The summed E-state index contributed by atoms with van der Waals surface area (Å²) in [4.78, 5) is 11.5. The van der Waals surface area contributed by atoms with E-state index < -0.39 is 0 Å². The van der Waals surface area contributed by atoms with E-state index in [0.29, 0.717) is 0 Å². The fraction of sp³-hybridized carbons (Fsp3) is 0.0769. The van der Waals surface area contributed by atoms with Crippen LogP contribution in [0.5, 0.6) is 0 Å². The number of hydrogen-bond acceptors (Lipinski definition) is 5. The van der Waals surface area contributed by atoms with Crippen LogP contribution >= 0.6 is 12.4 Å². The Morgan fingerprint density at radius 3 is 3.05 bits per heavy atom. The molecule has 3 aliphatic rings. The predicted molar refractivity (Wildman–Crippen MR) is 74.3 cm³/mol. The molecular formula is C13H11ClN4O. The van der Waals surface area contributed by atoms with Gasteiger partial charge in [0.1, 0.15) is 5.36 Å². The van der Waals surface area contributed by atoms with Crippen molar-refractivity contribution in [1.29, 1.82) is 0 Å². The number of hydrogen-bond donors (Lipinski definition) is 1. The number of hydrazine groups is 2. The van der Waals surface area contributed by atoms with E-state index in [2.05, 4.69) is 10.5 Å². The van der Waals surface area contributed by atoms with Gasteiger partial charge in [-0.25, -0.2) is 0 Å². The Bertz CT molecular complexity index is 738. The maximum absolute atomic E-state index is 11.5. The lowest BCUT2D eigenvalue weighted by Crippen LogP contribution is -2.47. The molecule has 4 rings (SSSR count). The molecule has 0 fully saturated rings. The van der Waals surface area contributed by atoms with E-state index in [1.165, 1.54) is 0 Å². The molecule has 0 unspecified atom stereocenters. The van der Waals surface area contributed by atoms with E-state index in [4.69, 9.17) is 0 Å². The summed E-state index contributed by atoms with van der Waals surface area (Å²) in [6.45, 7) is 0.780. The molecule has 0 atom stereocenters. The number of carbonyl (C=O) groups is 1. The smallest absolute Gasteiger partial charge is 0.179 e. The van der Waals surface area contributed by atoms with Crippen LogP contribution in [0.2, 0.25) is 0 Å². The first-order chi connectivity index (χ1) is 8.81. The second-order valence-electron chi connectivity index (χ2n) is 4.34. The minimum atomic E-state index is 0. The van der Waals surface area contributed by atoms with Gasteiger partial charge in [-0.05, 0) is 29.9 Å². The predicted octanol–water partition coefficient (Wildman–Crippen LogP) is 0.406. The summed E-state index contributed by atoms with van der Waals surface area (Å²) in [5.41, 5.74) is 5.22. The van der Waals surface area contributed by atoms with E-state index in [1.54, 1.807) is 17.3 Å². The van der Waals surface area contributed by atoms with Crippen molar-refractivity contribution in [2.24, 2.45) is 5.10 Å². The summed E-state index contributed by atoms with van der Waals surface area (Å²) < 4.78 is 0. The lowest BCUT2D eigenvalue weighted by Gasteiger charge is -2.29. The topological polar surface area (TPSA) is 47.9 Å². The molecule has 1 aromatic rings. The Labute approximate surface area is 115 Å². The zero-order chi connectivity index (χ0) is 12.1. The van der Waals surface area contributed by atoms with Gasteiger partial charge in [0.2, 0.25) is 0 Å². The first kappa shape index (κ1) is 12.0. The zero-order valence-electron chi connectivity index (χ0n) is 9.91. The van der Waals surface area contributed by atoms with Gasteiger partial charge in [0.25, 0.3) is 0 Å². The van der Waals surface area contributed by atoms with Crippen molar-refractivity contribution in [2.75, 3.05) is 12.0 Å². The number of anilines is 1. The zero-order valence-corrected chi connectivity index (χ0v) is 10.7. The molecular weight excluding hydrogens is 264 g/mol. The number of fused-ring (bicyclic) bond motifs is 4. The molecule has 5 nitrogen and oxygen atoms in total. The molecule has 1 aliphatic carbocycles. The highest BCUT2D eigenvalue weighted by molar-refractivity contribution is 6.16. The SMILES string of the molecule is Cl.O=C1C=Cc2ccc3c(c2=C1)=NN1C=CCN1N3. The Balaban J connectivity index is 0.00000110. The second kappa shape index (κ2) is 4.22. The van der Waals surface area contributed by atoms with Crippen molar-refractivity contribution in [3.63, 3.8) is 0 Å². The molecule has 19 heavy (non-hydrogen) atoms. The minimum absolute atomic E-state index is 0. The van der Waals surface area contributed by atoms with Crippen molar-refractivity contribution in [3.05, 3.63) is 46.6 Å². The van der Waals surface area contributed by atoms with E-state index in [9.17, 15) is 4.79 Å². The highest BCUT2D eigenvalue weighted by atomic mass is 35.5. The molecule has 0 aromatic heterocycles. The van der Waals surface area contributed by atoms with Gasteiger partial charge >= 0.3 is 0 Å². The number of nitrogens with zero attached hydrogens (tertiary/aromatic N) is 3. The summed E-state index contributed by atoms with van der Waals surface area (Å²) in [6, 6.07) is 3.98. The number of benzene rings is 1. The summed E-state index contributed by atoms with van der Waals surface area (Å²) >= 11 is 0. The standard InChI is InChI=1S/C13H10N4O.ClH/c18-10-4-2-9-3-5-12-13(11(9)8-10)15-17-7-1-6-16(17)14-12;/h1-5,7-8,14H,6H2;1H. The molecule has 1 aromatic carbocycles. The van der Waals surface area contributed by atoms with Crippen molar-refractivity contribution in [1.82, 2.24) is 10.2 Å². The first-order valence-corrected chi connectivity index (χ1v) is 5.77. The molecule has 6 heteroatoms.